The second-order valence-corrected chi connectivity index (χ2v) is 5.96. The summed E-state index contributed by atoms with van der Waals surface area (Å²) in [5.41, 5.74) is 7.38. The molecule has 0 amide bonds. The standard InChI is InChI=1S/C15H28N4O/c1-4-6-18-8-9-20-15(11-18)14(16)10-13-5-7-19(17-13)12(2)3/h5,7,12,14-15H,4,6,8-11,16H2,1-3H3. The zero-order valence-electron chi connectivity index (χ0n) is 13.0. The fraction of sp³-hybridized carbons (Fsp3) is 0.800. The maximum Gasteiger partial charge on any atom is 0.0857 e. The number of morpholine rings is 1. The third kappa shape index (κ3) is 4.04. The number of aromatic nitrogens is 2. The molecule has 20 heavy (non-hydrogen) atoms. The first-order valence-corrected chi connectivity index (χ1v) is 7.73. The van der Waals surface area contributed by atoms with Crippen LogP contribution in [-0.4, -0.2) is 53.1 Å². The van der Waals surface area contributed by atoms with Gasteiger partial charge < -0.3 is 10.5 Å². The van der Waals surface area contributed by atoms with Gasteiger partial charge in [-0.2, -0.15) is 5.10 Å². The van der Waals surface area contributed by atoms with E-state index >= 15 is 0 Å². The van der Waals surface area contributed by atoms with Crippen LogP contribution in [-0.2, 0) is 11.2 Å². The minimum atomic E-state index is 0.0187. The van der Waals surface area contributed by atoms with Crippen molar-refractivity contribution in [2.24, 2.45) is 5.73 Å². The Morgan fingerprint density at radius 3 is 2.95 bits per heavy atom. The summed E-state index contributed by atoms with van der Waals surface area (Å²) in [6.07, 6.45) is 4.11. The van der Waals surface area contributed by atoms with Gasteiger partial charge in [0.25, 0.3) is 0 Å². The number of hydrogen-bond acceptors (Lipinski definition) is 4. The number of hydrogen-bond donors (Lipinski definition) is 1. The van der Waals surface area contributed by atoms with Crippen molar-refractivity contribution in [1.82, 2.24) is 14.7 Å². The van der Waals surface area contributed by atoms with E-state index in [0.29, 0.717) is 6.04 Å². The molecule has 5 nitrogen and oxygen atoms in total. The summed E-state index contributed by atoms with van der Waals surface area (Å²) in [5, 5.41) is 4.57. The molecule has 1 aliphatic rings. The highest BCUT2D eigenvalue weighted by molar-refractivity contribution is 5.03. The van der Waals surface area contributed by atoms with E-state index in [2.05, 4.69) is 36.8 Å². The van der Waals surface area contributed by atoms with Crippen LogP contribution in [0.25, 0.3) is 0 Å². The molecule has 1 aromatic rings. The normalized spacial score (nSPS) is 22.4. The van der Waals surface area contributed by atoms with Gasteiger partial charge in [-0.05, 0) is 32.9 Å². The zero-order valence-corrected chi connectivity index (χ0v) is 13.0. The van der Waals surface area contributed by atoms with Gasteiger partial charge in [-0.3, -0.25) is 9.58 Å². The molecule has 2 N–H and O–H groups in total. The van der Waals surface area contributed by atoms with Gasteiger partial charge in [0.1, 0.15) is 0 Å². The van der Waals surface area contributed by atoms with Crippen molar-refractivity contribution in [2.45, 2.75) is 51.8 Å². The molecule has 2 unspecified atom stereocenters. The highest BCUT2D eigenvalue weighted by atomic mass is 16.5. The molecule has 5 heteroatoms. The molecule has 1 fully saturated rings. The Bertz CT molecular complexity index is 402. The molecule has 2 rings (SSSR count). The van der Waals surface area contributed by atoms with Crippen molar-refractivity contribution in [1.29, 1.82) is 0 Å². The zero-order chi connectivity index (χ0) is 14.5. The van der Waals surface area contributed by atoms with Gasteiger partial charge >= 0.3 is 0 Å². The maximum atomic E-state index is 6.32. The van der Waals surface area contributed by atoms with E-state index in [-0.39, 0.29) is 12.1 Å². The van der Waals surface area contributed by atoms with Gasteiger partial charge in [0.15, 0.2) is 0 Å². The Morgan fingerprint density at radius 1 is 1.50 bits per heavy atom. The molecule has 0 bridgehead atoms. The first-order chi connectivity index (χ1) is 9.60. The number of ether oxygens (including phenoxy) is 1. The van der Waals surface area contributed by atoms with Crippen LogP contribution in [0.2, 0.25) is 0 Å². The van der Waals surface area contributed by atoms with E-state index < -0.39 is 0 Å². The summed E-state index contributed by atoms with van der Waals surface area (Å²) in [4.78, 5) is 2.45. The highest BCUT2D eigenvalue weighted by Gasteiger charge is 2.26. The Kier molecular flexibility index (Phi) is 5.57. The summed E-state index contributed by atoms with van der Waals surface area (Å²) < 4.78 is 7.82. The SMILES string of the molecule is CCCN1CCOC(C(N)Cc2ccn(C(C)C)n2)C1. The van der Waals surface area contributed by atoms with Crippen molar-refractivity contribution in [3.63, 3.8) is 0 Å². The molecule has 0 spiro atoms. The lowest BCUT2D eigenvalue weighted by atomic mass is 10.0. The second-order valence-electron chi connectivity index (χ2n) is 5.96. The van der Waals surface area contributed by atoms with Crippen LogP contribution >= 0.6 is 0 Å². The fourth-order valence-electron chi connectivity index (χ4n) is 2.66. The van der Waals surface area contributed by atoms with E-state index in [1.165, 1.54) is 6.42 Å². The van der Waals surface area contributed by atoms with E-state index in [1.54, 1.807) is 0 Å². The Hall–Kier alpha value is -0.910. The van der Waals surface area contributed by atoms with Crippen LogP contribution in [0.1, 0.15) is 38.9 Å². The first kappa shape index (κ1) is 15.5. The topological polar surface area (TPSA) is 56.3 Å². The molecule has 0 radical (unpaired) electrons. The van der Waals surface area contributed by atoms with Crippen LogP contribution in [0.5, 0.6) is 0 Å². The minimum Gasteiger partial charge on any atom is -0.374 e. The summed E-state index contributed by atoms with van der Waals surface area (Å²) in [6, 6.07) is 2.48. The Labute approximate surface area is 122 Å². The average molecular weight is 280 g/mol. The second kappa shape index (κ2) is 7.20. The molecule has 114 valence electrons. The lowest BCUT2D eigenvalue weighted by Crippen LogP contribution is -2.51. The van der Waals surface area contributed by atoms with Gasteiger partial charge in [-0.1, -0.05) is 6.92 Å². The lowest BCUT2D eigenvalue weighted by Gasteiger charge is -2.35. The number of rotatable bonds is 6. The molecule has 0 aliphatic carbocycles. The van der Waals surface area contributed by atoms with Gasteiger partial charge in [-0.15, -0.1) is 0 Å². The van der Waals surface area contributed by atoms with Crippen molar-refractivity contribution in [2.75, 3.05) is 26.2 Å². The molecule has 0 saturated carbocycles. The molecule has 1 aliphatic heterocycles. The summed E-state index contributed by atoms with van der Waals surface area (Å²) >= 11 is 0. The van der Waals surface area contributed by atoms with Crippen molar-refractivity contribution >= 4 is 0 Å². The Balaban J connectivity index is 1.88. The third-order valence-electron chi connectivity index (χ3n) is 3.83. The van der Waals surface area contributed by atoms with Gasteiger partial charge in [0.2, 0.25) is 0 Å². The maximum absolute atomic E-state index is 6.32. The van der Waals surface area contributed by atoms with Crippen LogP contribution < -0.4 is 5.73 Å². The molecule has 0 aromatic carbocycles. The van der Waals surface area contributed by atoms with Crippen LogP contribution in [0.4, 0.5) is 0 Å². The van der Waals surface area contributed by atoms with Crippen LogP contribution in [0.3, 0.4) is 0 Å². The van der Waals surface area contributed by atoms with Crippen LogP contribution in [0, 0.1) is 0 Å². The van der Waals surface area contributed by atoms with E-state index in [1.807, 2.05) is 10.9 Å². The largest absolute Gasteiger partial charge is 0.374 e. The minimum absolute atomic E-state index is 0.0187. The predicted octanol–water partition coefficient (Wildman–Crippen LogP) is 1.44. The Morgan fingerprint density at radius 2 is 2.30 bits per heavy atom. The van der Waals surface area contributed by atoms with E-state index in [4.69, 9.17) is 10.5 Å². The summed E-state index contributed by atoms with van der Waals surface area (Å²) in [7, 11) is 0. The molecule has 2 atom stereocenters. The molecule has 1 aromatic heterocycles. The van der Waals surface area contributed by atoms with Crippen molar-refractivity contribution in [3.8, 4) is 0 Å². The fourth-order valence-corrected chi connectivity index (χ4v) is 2.66. The van der Waals surface area contributed by atoms with Gasteiger partial charge in [-0.25, -0.2) is 0 Å². The average Bonchev–Trinajstić information content (AvgIpc) is 2.88. The molecular formula is C15H28N4O. The lowest BCUT2D eigenvalue weighted by molar-refractivity contribution is -0.0402. The first-order valence-electron chi connectivity index (χ1n) is 7.73. The smallest absolute Gasteiger partial charge is 0.0857 e. The molecule has 1 saturated heterocycles. The quantitative estimate of drug-likeness (QED) is 0.857. The van der Waals surface area contributed by atoms with Crippen LogP contribution in [0.15, 0.2) is 12.3 Å². The highest BCUT2D eigenvalue weighted by Crippen LogP contribution is 2.12. The number of nitrogens with two attached hydrogens (primary N) is 1. The monoisotopic (exact) mass is 280 g/mol. The summed E-state index contributed by atoms with van der Waals surface area (Å²) in [6.45, 7) is 10.4. The summed E-state index contributed by atoms with van der Waals surface area (Å²) in [5.74, 6) is 0. The predicted molar refractivity (Wildman–Crippen MR) is 80.8 cm³/mol. The van der Waals surface area contributed by atoms with E-state index in [0.717, 1.165) is 38.4 Å². The van der Waals surface area contributed by atoms with Gasteiger partial charge in [0.05, 0.1) is 18.4 Å². The van der Waals surface area contributed by atoms with E-state index in [9.17, 15) is 0 Å². The van der Waals surface area contributed by atoms with Crippen molar-refractivity contribution < 1.29 is 4.74 Å². The van der Waals surface area contributed by atoms with Crippen molar-refractivity contribution in [3.05, 3.63) is 18.0 Å². The molecular weight excluding hydrogens is 252 g/mol. The molecule has 2 heterocycles. The third-order valence-corrected chi connectivity index (χ3v) is 3.83. The van der Waals surface area contributed by atoms with Gasteiger partial charge in [0, 0.05) is 37.8 Å². The number of nitrogens with zero attached hydrogens (tertiary/aromatic N) is 3.